The summed E-state index contributed by atoms with van der Waals surface area (Å²) in [6.07, 6.45) is 1.60. The lowest BCUT2D eigenvalue weighted by molar-refractivity contribution is 0.132. The smallest absolute Gasteiger partial charge is 0.162 e. The maximum absolute atomic E-state index is 9.15. The highest BCUT2D eigenvalue weighted by Crippen LogP contribution is 2.34. The molecular weight excluding hydrogens is 524 g/mol. The monoisotopic (exact) mass is 542 g/mol. The minimum Gasteiger partial charge on any atom is -0.490 e. The number of nitriles is 1. The van der Waals surface area contributed by atoms with Gasteiger partial charge in [0.25, 0.3) is 0 Å². The van der Waals surface area contributed by atoms with Crippen molar-refractivity contribution in [2.24, 2.45) is 5.16 Å². The molecule has 0 amide bonds. The van der Waals surface area contributed by atoms with E-state index in [1.807, 2.05) is 61.5 Å². The fourth-order valence-electron chi connectivity index (χ4n) is 2.73. The molecule has 7 heteroatoms. The Kier molecular flexibility index (Phi) is 8.51. The van der Waals surface area contributed by atoms with Gasteiger partial charge in [-0.15, -0.1) is 0 Å². The molecule has 3 aromatic rings. The number of halogens is 2. The number of nitrogens with zero attached hydrogens (tertiary/aromatic N) is 2. The fourth-order valence-corrected chi connectivity index (χ4v) is 3.42. The average molecular weight is 544 g/mol. The highest BCUT2D eigenvalue weighted by Gasteiger charge is 2.11. The first-order valence-corrected chi connectivity index (χ1v) is 11.2. The van der Waals surface area contributed by atoms with Crippen LogP contribution in [-0.2, 0) is 18.1 Å². The average Bonchev–Trinajstić information content (AvgIpc) is 2.78. The van der Waals surface area contributed by atoms with Gasteiger partial charge in [-0.2, -0.15) is 5.26 Å². The van der Waals surface area contributed by atoms with Crippen LogP contribution < -0.4 is 9.47 Å². The van der Waals surface area contributed by atoms with Gasteiger partial charge in [0.05, 0.1) is 24.5 Å². The molecule has 0 unspecified atom stereocenters. The Labute approximate surface area is 198 Å². The van der Waals surface area contributed by atoms with Gasteiger partial charge in [-0.3, -0.25) is 0 Å². The SMILES string of the molecule is CCOc1cc(/C=N\OCc2ccccc2C#N)c(Br)cc1OCc1ccc(Br)cc1. The summed E-state index contributed by atoms with van der Waals surface area (Å²) in [5.74, 6) is 1.26. The standard InChI is InChI=1S/C24H20Br2N2O3/c1-2-29-23-11-20(14-28-31-16-19-6-4-3-5-18(19)13-27)22(26)12-24(23)30-15-17-7-9-21(25)10-8-17/h3-12,14H,2,15-16H2,1H3/b28-14-. The van der Waals surface area contributed by atoms with Gasteiger partial charge in [-0.1, -0.05) is 51.4 Å². The summed E-state index contributed by atoms with van der Waals surface area (Å²) in [6, 6.07) is 21.1. The van der Waals surface area contributed by atoms with E-state index in [0.29, 0.717) is 30.3 Å². The van der Waals surface area contributed by atoms with E-state index in [-0.39, 0.29) is 6.61 Å². The Morgan fingerprint density at radius 2 is 1.71 bits per heavy atom. The van der Waals surface area contributed by atoms with Crippen molar-refractivity contribution in [2.45, 2.75) is 20.1 Å². The van der Waals surface area contributed by atoms with Crippen LogP contribution in [0.15, 0.2) is 74.8 Å². The van der Waals surface area contributed by atoms with Crippen molar-refractivity contribution in [3.05, 3.63) is 91.9 Å². The maximum Gasteiger partial charge on any atom is 0.162 e. The van der Waals surface area contributed by atoms with E-state index in [1.165, 1.54) is 0 Å². The third kappa shape index (κ3) is 6.58. The maximum atomic E-state index is 9.15. The summed E-state index contributed by atoms with van der Waals surface area (Å²) >= 11 is 6.99. The first-order chi connectivity index (χ1) is 15.1. The highest BCUT2D eigenvalue weighted by atomic mass is 79.9. The van der Waals surface area contributed by atoms with Crippen LogP contribution in [0.3, 0.4) is 0 Å². The van der Waals surface area contributed by atoms with Crippen molar-refractivity contribution >= 4 is 38.1 Å². The van der Waals surface area contributed by atoms with E-state index < -0.39 is 0 Å². The molecule has 0 aliphatic heterocycles. The quantitative estimate of drug-likeness (QED) is 0.225. The Morgan fingerprint density at radius 1 is 0.968 bits per heavy atom. The third-order valence-corrected chi connectivity index (χ3v) is 5.51. The van der Waals surface area contributed by atoms with Crippen LogP contribution in [0.1, 0.15) is 29.2 Å². The van der Waals surface area contributed by atoms with E-state index in [1.54, 1.807) is 12.3 Å². The predicted octanol–water partition coefficient (Wildman–Crippen LogP) is 6.61. The first-order valence-electron chi connectivity index (χ1n) is 9.57. The molecule has 5 nitrogen and oxygen atoms in total. The van der Waals surface area contributed by atoms with Crippen LogP contribution in [0.4, 0.5) is 0 Å². The molecule has 0 saturated heterocycles. The van der Waals surface area contributed by atoms with E-state index >= 15 is 0 Å². The molecule has 0 fully saturated rings. The van der Waals surface area contributed by atoms with Crippen molar-refractivity contribution in [1.82, 2.24) is 0 Å². The first kappa shape index (κ1) is 22.9. The number of ether oxygens (including phenoxy) is 2. The summed E-state index contributed by atoms with van der Waals surface area (Å²) in [6.45, 7) is 3.07. The van der Waals surface area contributed by atoms with Crippen molar-refractivity contribution in [2.75, 3.05) is 6.61 Å². The second kappa shape index (κ2) is 11.5. The summed E-state index contributed by atoms with van der Waals surface area (Å²) in [5, 5.41) is 13.2. The van der Waals surface area contributed by atoms with E-state index in [0.717, 1.165) is 25.6 Å². The predicted molar refractivity (Wildman–Crippen MR) is 127 cm³/mol. The molecule has 0 N–H and O–H groups in total. The largest absolute Gasteiger partial charge is 0.490 e. The molecule has 0 atom stereocenters. The van der Waals surface area contributed by atoms with Crippen molar-refractivity contribution in [3.63, 3.8) is 0 Å². The molecule has 0 bridgehead atoms. The zero-order chi connectivity index (χ0) is 22.1. The van der Waals surface area contributed by atoms with E-state index in [2.05, 4.69) is 43.1 Å². The molecule has 0 aromatic heterocycles. The number of benzene rings is 3. The number of oxime groups is 1. The second-order valence-electron chi connectivity index (χ2n) is 6.45. The molecule has 0 spiro atoms. The van der Waals surface area contributed by atoms with Gasteiger partial charge >= 0.3 is 0 Å². The topological polar surface area (TPSA) is 63.8 Å². The highest BCUT2D eigenvalue weighted by molar-refractivity contribution is 9.10. The van der Waals surface area contributed by atoms with Crippen LogP contribution in [0.25, 0.3) is 0 Å². The molecule has 0 heterocycles. The van der Waals surface area contributed by atoms with Crippen molar-refractivity contribution in [1.29, 1.82) is 5.26 Å². The van der Waals surface area contributed by atoms with Crippen LogP contribution in [-0.4, -0.2) is 12.8 Å². The van der Waals surface area contributed by atoms with E-state index in [4.69, 9.17) is 19.6 Å². The molecule has 31 heavy (non-hydrogen) atoms. The third-order valence-electron chi connectivity index (χ3n) is 4.29. The van der Waals surface area contributed by atoms with Gasteiger partial charge in [0.15, 0.2) is 11.5 Å². The Morgan fingerprint density at radius 3 is 2.45 bits per heavy atom. The van der Waals surface area contributed by atoms with Crippen LogP contribution in [0.2, 0.25) is 0 Å². The van der Waals surface area contributed by atoms with Crippen LogP contribution in [0, 0.1) is 11.3 Å². The summed E-state index contributed by atoms with van der Waals surface area (Å²) < 4.78 is 13.6. The van der Waals surface area contributed by atoms with Gasteiger partial charge in [0.2, 0.25) is 0 Å². The zero-order valence-electron chi connectivity index (χ0n) is 16.8. The molecule has 0 aliphatic carbocycles. The van der Waals surface area contributed by atoms with Crippen LogP contribution in [0.5, 0.6) is 11.5 Å². The zero-order valence-corrected chi connectivity index (χ0v) is 20.0. The lowest BCUT2D eigenvalue weighted by atomic mass is 10.1. The molecular formula is C24H20Br2N2O3. The van der Waals surface area contributed by atoms with Gasteiger partial charge in [-0.25, -0.2) is 0 Å². The summed E-state index contributed by atoms with van der Waals surface area (Å²) in [4.78, 5) is 5.39. The molecule has 3 rings (SSSR count). The van der Waals surface area contributed by atoms with Crippen molar-refractivity contribution < 1.29 is 14.3 Å². The molecule has 3 aromatic carbocycles. The van der Waals surface area contributed by atoms with Gasteiger partial charge in [0, 0.05) is 20.1 Å². The molecule has 0 saturated carbocycles. The van der Waals surface area contributed by atoms with Gasteiger partial charge in [-0.05, 0) is 58.7 Å². The lowest BCUT2D eigenvalue weighted by Crippen LogP contribution is -2.01. The molecule has 158 valence electrons. The molecule has 0 radical (unpaired) electrons. The Hall–Kier alpha value is -2.82. The normalized spacial score (nSPS) is 10.6. The minimum atomic E-state index is 0.213. The Bertz CT molecular complexity index is 1090. The number of rotatable bonds is 9. The molecule has 0 aliphatic rings. The van der Waals surface area contributed by atoms with Crippen LogP contribution >= 0.6 is 31.9 Å². The summed E-state index contributed by atoms with van der Waals surface area (Å²) in [7, 11) is 0. The second-order valence-corrected chi connectivity index (χ2v) is 8.22. The van der Waals surface area contributed by atoms with E-state index in [9.17, 15) is 0 Å². The minimum absolute atomic E-state index is 0.213. The number of hydrogen-bond donors (Lipinski definition) is 0. The number of hydrogen-bond acceptors (Lipinski definition) is 5. The Balaban J connectivity index is 1.69. The van der Waals surface area contributed by atoms with Gasteiger partial charge < -0.3 is 14.3 Å². The summed E-state index contributed by atoms with van der Waals surface area (Å²) in [5.41, 5.74) is 3.20. The van der Waals surface area contributed by atoms with Crippen molar-refractivity contribution in [3.8, 4) is 17.6 Å². The lowest BCUT2D eigenvalue weighted by Gasteiger charge is -2.14. The van der Waals surface area contributed by atoms with Gasteiger partial charge in [0.1, 0.15) is 13.2 Å². The fraction of sp³-hybridized carbons (Fsp3) is 0.167.